The minimum absolute atomic E-state index is 0.242. The second-order valence-corrected chi connectivity index (χ2v) is 8.84. The van der Waals surface area contributed by atoms with Crippen LogP contribution >= 0.6 is 11.6 Å². The normalized spacial score (nSPS) is 11.8. The van der Waals surface area contributed by atoms with Crippen LogP contribution in [-0.2, 0) is 17.6 Å². The molecule has 1 unspecified atom stereocenters. The van der Waals surface area contributed by atoms with Crippen LogP contribution in [0.5, 0.6) is 0 Å². The molecule has 0 aliphatic carbocycles. The Labute approximate surface area is 217 Å². The van der Waals surface area contributed by atoms with E-state index in [4.69, 9.17) is 11.6 Å². The Bertz CT molecular complexity index is 1520. The number of halogens is 1. The number of H-pyrrole nitrogens is 1. The van der Waals surface area contributed by atoms with E-state index in [1.165, 1.54) is 6.33 Å². The van der Waals surface area contributed by atoms with Crippen LogP contribution in [0, 0.1) is 0 Å². The number of para-hydroxylation sites is 1. The molecule has 11 heteroatoms. The Balaban J connectivity index is 1.30. The Morgan fingerprint density at radius 3 is 2.65 bits per heavy atom. The van der Waals surface area contributed by atoms with E-state index >= 15 is 0 Å². The number of rotatable bonds is 9. The van der Waals surface area contributed by atoms with Crippen LogP contribution in [0.15, 0.2) is 79.1 Å². The van der Waals surface area contributed by atoms with Crippen LogP contribution in [0.25, 0.3) is 16.6 Å². The van der Waals surface area contributed by atoms with Gasteiger partial charge in [-0.05, 0) is 52.2 Å². The van der Waals surface area contributed by atoms with Crippen molar-refractivity contribution >= 4 is 34.3 Å². The lowest BCUT2D eigenvalue weighted by Gasteiger charge is -2.19. The maximum absolute atomic E-state index is 13.3. The molecule has 5 aromatic rings. The van der Waals surface area contributed by atoms with Gasteiger partial charge in [0.1, 0.15) is 12.4 Å². The molecule has 0 aliphatic heterocycles. The van der Waals surface area contributed by atoms with Crippen LogP contribution < -0.4 is 10.6 Å². The Kier molecular flexibility index (Phi) is 7.18. The second-order valence-electron chi connectivity index (χ2n) is 8.40. The van der Waals surface area contributed by atoms with Gasteiger partial charge in [0.25, 0.3) is 5.91 Å². The third-order valence-corrected chi connectivity index (χ3v) is 6.16. The van der Waals surface area contributed by atoms with E-state index < -0.39 is 11.9 Å². The SMILES string of the molecule is O=C(NC(Cc1ccccc1)C(=O)NCCc1cc(Cl)ccc1-n1cnnn1)c1n[nH]c2ccccc12. The summed E-state index contributed by atoms with van der Waals surface area (Å²) < 4.78 is 1.54. The monoisotopic (exact) mass is 514 g/mol. The summed E-state index contributed by atoms with van der Waals surface area (Å²) in [6.45, 7) is 0.320. The van der Waals surface area contributed by atoms with Crippen LogP contribution in [0.4, 0.5) is 0 Å². The van der Waals surface area contributed by atoms with Crippen molar-refractivity contribution in [3.8, 4) is 5.69 Å². The first-order valence-corrected chi connectivity index (χ1v) is 12.0. The topological polar surface area (TPSA) is 130 Å². The van der Waals surface area contributed by atoms with Crippen molar-refractivity contribution in [3.63, 3.8) is 0 Å². The molecular weight excluding hydrogens is 492 g/mol. The van der Waals surface area contributed by atoms with Gasteiger partial charge >= 0.3 is 0 Å². The summed E-state index contributed by atoms with van der Waals surface area (Å²) in [6, 6.07) is 21.5. The summed E-state index contributed by atoms with van der Waals surface area (Å²) in [7, 11) is 0. The summed E-state index contributed by atoms with van der Waals surface area (Å²) in [4.78, 5) is 26.4. The zero-order valence-electron chi connectivity index (χ0n) is 19.6. The molecule has 5 rings (SSSR count). The zero-order valence-corrected chi connectivity index (χ0v) is 20.4. The predicted octanol–water partition coefficient (Wildman–Crippen LogP) is 2.89. The molecule has 0 bridgehead atoms. The molecule has 10 nitrogen and oxygen atoms in total. The lowest BCUT2D eigenvalue weighted by Crippen LogP contribution is -2.48. The van der Waals surface area contributed by atoms with Gasteiger partial charge in [0, 0.05) is 23.4 Å². The first-order valence-electron chi connectivity index (χ1n) is 11.7. The minimum atomic E-state index is -0.802. The molecule has 0 spiro atoms. The van der Waals surface area contributed by atoms with Crippen LogP contribution in [0.2, 0.25) is 5.02 Å². The number of nitrogens with one attached hydrogen (secondary N) is 3. The van der Waals surface area contributed by atoms with Crippen molar-refractivity contribution in [1.29, 1.82) is 0 Å². The molecule has 1 atom stereocenters. The van der Waals surface area contributed by atoms with Crippen LogP contribution in [0.3, 0.4) is 0 Å². The standard InChI is InChI=1S/C26H23ClN8O2/c27-19-10-11-23(35-16-29-33-34-35)18(15-19)12-13-28-25(36)22(14-17-6-2-1-3-7-17)30-26(37)24-20-8-4-5-9-21(20)31-32-24/h1-11,15-16,22H,12-14H2,(H,28,36)(H,30,37)(H,31,32). The molecule has 0 saturated heterocycles. The average Bonchev–Trinajstić information content (AvgIpc) is 3.59. The number of fused-ring (bicyclic) bond motifs is 1. The number of aromatic nitrogens is 6. The summed E-state index contributed by atoms with van der Waals surface area (Å²) in [5.41, 5.74) is 3.55. The summed E-state index contributed by atoms with van der Waals surface area (Å²) in [5, 5.41) is 25.4. The van der Waals surface area contributed by atoms with E-state index in [9.17, 15) is 9.59 Å². The van der Waals surface area contributed by atoms with E-state index in [1.807, 2.05) is 66.7 Å². The third-order valence-electron chi connectivity index (χ3n) is 5.92. The third kappa shape index (κ3) is 5.65. The number of aromatic amines is 1. The summed E-state index contributed by atoms with van der Waals surface area (Å²) >= 11 is 6.20. The summed E-state index contributed by atoms with van der Waals surface area (Å²) in [5.74, 6) is -0.729. The summed E-state index contributed by atoms with van der Waals surface area (Å²) in [6.07, 6.45) is 2.31. The van der Waals surface area contributed by atoms with Gasteiger partial charge in [-0.2, -0.15) is 5.10 Å². The zero-order chi connectivity index (χ0) is 25.6. The molecular formula is C26H23ClN8O2. The van der Waals surface area contributed by atoms with Crippen molar-refractivity contribution in [1.82, 2.24) is 41.0 Å². The lowest BCUT2D eigenvalue weighted by molar-refractivity contribution is -0.122. The molecule has 0 saturated carbocycles. The van der Waals surface area contributed by atoms with Gasteiger partial charge in [-0.15, -0.1) is 5.10 Å². The molecule has 0 radical (unpaired) electrons. The van der Waals surface area contributed by atoms with Crippen molar-refractivity contribution in [3.05, 3.63) is 101 Å². The van der Waals surface area contributed by atoms with Crippen LogP contribution in [-0.4, -0.2) is 54.8 Å². The number of carbonyl (C=O) groups is 2. The van der Waals surface area contributed by atoms with Gasteiger partial charge < -0.3 is 10.6 Å². The number of carbonyl (C=O) groups excluding carboxylic acids is 2. The molecule has 2 amide bonds. The molecule has 2 aromatic heterocycles. The Hall–Kier alpha value is -4.57. The van der Waals surface area contributed by atoms with Gasteiger partial charge in [-0.25, -0.2) is 4.68 Å². The molecule has 37 heavy (non-hydrogen) atoms. The van der Waals surface area contributed by atoms with E-state index in [0.29, 0.717) is 29.8 Å². The van der Waals surface area contributed by atoms with Gasteiger partial charge in [0.2, 0.25) is 5.91 Å². The second kappa shape index (κ2) is 11.0. The molecule has 0 aliphatic rings. The minimum Gasteiger partial charge on any atom is -0.354 e. The first-order chi connectivity index (χ1) is 18.1. The van der Waals surface area contributed by atoms with E-state index in [2.05, 4.69) is 36.4 Å². The molecule has 2 heterocycles. The highest BCUT2D eigenvalue weighted by molar-refractivity contribution is 6.30. The lowest BCUT2D eigenvalue weighted by atomic mass is 10.0. The van der Waals surface area contributed by atoms with Gasteiger partial charge in [-0.1, -0.05) is 60.1 Å². The van der Waals surface area contributed by atoms with Gasteiger partial charge in [-0.3, -0.25) is 14.7 Å². The quantitative estimate of drug-likeness (QED) is 0.277. The fourth-order valence-electron chi connectivity index (χ4n) is 4.12. The van der Waals surface area contributed by atoms with Gasteiger partial charge in [0.15, 0.2) is 5.69 Å². The van der Waals surface area contributed by atoms with Crippen molar-refractivity contribution < 1.29 is 9.59 Å². The number of hydrogen-bond donors (Lipinski definition) is 3. The number of tetrazole rings is 1. The number of benzene rings is 3. The number of amides is 2. The average molecular weight is 515 g/mol. The van der Waals surface area contributed by atoms with Crippen molar-refractivity contribution in [2.45, 2.75) is 18.9 Å². The maximum atomic E-state index is 13.3. The smallest absolute Gasteiger partial charge is 0.273 e. The van der Waals surface area contributed by atoms with Crippen molar-refractivity contribution in [2.75, 3.05) is 6.54 Å². The molecule has 0 fully saturated rings. The highest BCUT2D eigenvalue weighted by Gasteiger charge is 2.24. The van der Waals surface area contributed by atoms with E-state index in [1.54, 1.807) is 10.7 Å². The fourth-order valence-corrected chi connectivity index (χ4v) is 4.31. The number of hydrogen-bond acceptors (Lipinski definition) is 6. The van der Waals surface area contributed by atoms with Gasteiger partial charge in [0.05, 0.1) is 11.2 Å². The Morgan fingerprint density at radius 2 is 1.84 bits per heavy atom. The highest BCUT2D eigenvalue weighted by atomic mass is 35.5. The Morgan fingerprint density at radius 1 is 1.03 bits per heavy atom. The largest absolute Gasteiger partial charge is 0.354 e. The van der Waals surface area contributed by atoms with E-state index in [-0.39, 0.29) is 11.6 Å². The molecule has 3 N–H and O–H groups in total. The van der Waals surface area contributed by atoms with E-state index in [0.717, 1.165) is 22.3 Å². The maximum Gasteiger partial charge on any atom is 0.273 e. The first kappa shape index (κ1) is 24.1. The predicted molar refractivity (Wildman–Crippen MR) is 138 cm³/mol. The molecule has 3 aromatic carbocycles. The van der Waals surface area contributed by atoms with Crippen molar-refractivity contribution in [2.24, 2.45) is 0 Å². The number of nitrogens with zero attached hydrogens (tertiary/aromatic N) is 5. The molecule has 186 valence electrons. The fraction of sp³-hybridized carbons (Fsp3) is 0.154. The van der Waals surface area contributed by atoms with Crippen LogP contribution in [0.1, 0.15) is 21.6 Å². The highest BCUT2D eigenvalue weighted by Crippen LogP contribution is 2.19.